The number of carbonyl (C=O) groups is 1. The number of aromatic nitrogens is 4. The molecule has 1 atom stereocenters. The topological polar surface area (TPSA) is 99.0 Å². The quantitative estimate of drug-likeness (QED) is 0.276. The molecule has 1 unspecified atom stereocenters. The van der Waals surface area contributed by atoms with Crippen molar-refractivity contribution < 1.29 is 9.53 Å². The van der Waals surface area contributed by atoms with E-state index in [-0.39, 0.29) is 17.2 Å². The molecule has 2 aromatic heterocycles. The molecule has 1 aliphatic rings. The molecule has 1 aliphatic heterocycles. The molecular weight excluding hydrogens is 487 g/mol. The number of amides is 1. The van der Waals surface area contributed by atoms with Crippen LogP contribution in [0.1, 0.15) is 19.5 Å². The number of nitrogens with one attached hydrogen (secondary N) is 1. The van der Waals surface area contributed by atoms with E-state index >= 15 is 0 Å². The lowest BCUT2D eigenvalue weighted by Crippen LogP contribution is -2.24. The maximum Gasteiger partial charge on any atom is 0.272 e. The minimum Gasteiger partial charge on any atom is -0.497 e. The van der Waals surface area contributed by atoms with E-state index in [1.165, 1.54) is 23.1 Å². The number of hydrogen-bond acceptors (Lipinski definition) is 10. The number of fused-ring (bicyclic) bond motifs is 1. The molecule has 4 rings (SSSR count). The van der Waals surface area contributed by atoms with Crippen molar-refractivity contribution in [3.05, 3.63) is 40.3 Å². The van der Waals surface area contributed by atoms with E-state index in [9.17, 15) is 9.59 Å². The highest BCUT2D eigenvalue weighted by atomic mass is 32.2. The van der Waals surface area contributed by atoms with Crippen molar-refractivity contribution in [1.29, 1.82) is 0 Å². The van der Waals surface area contributed by atoms with E-state index in [0.29, 0.717) is 31.9 Å². The van der Waals surface area contributed by atoms with Gasteiger partial charge in [-0.2, -0.15) is 0 Å². The Morgan fingerprint density at radius 3 is 2.78 bits per heavy atom. The SMILES string of the molecule is CCSc1nnc(NC(=O)CSc2nc3c(c(=O)n2-c2ccc(OC)cc2)SC(C)C3)s1. The fraction of sp³-hybridized carbons (Fsp3) is 0.350. The van der Waals surface area contributed by atoms with Crippen molar-refractivity contribution in [3.63, 3.8) is 0 Å². The highest BCUT2D eigenvalue weighted by Gasteiger charge is 2.27. The predicted octanol–water partition coefficient (Wildman–Crippen LogP) is 3.97. The van der Waals surface area contributed by atoms with Crippen LogP contribution in [0.3, 0.4) is 0 Å². The highest BCUT2D eigenvalue weighted by Crippen LogP contribution is 2.35. The molecule has 3 heterocycles. The first-order valence-corrected chi connectivity index (χ1v) is 13.5. The summed E-state index contributed by atoms with van der Waals surface area (Å²) in [6, 6.07) is 7.23. The lowest BCUT2D eigenvalue weighted by molar-refractivity contribution is -0.113. The summed E-state index contributed by atoms with van der Waals surface area (Å²) in [5.74, 6) is 1.46. The molecule has 1 aromatic carbocycles. The Morgan fingerprint density at radius 2 is 2.06 bits per heavy atom. The molecule has 0 spiro atoms. The van der Waals surface area contributed by atoms with Gasteiger partial charge in [-0.3, -0.25) is 19.5 Å². The highest BCUT2D eigenvalue weighted by molar-refractivity contribution is 8.01. The van der Waals surface area contributed by atoms with E-state index in [0.717, 1.165) is 22.2 Å². The second-order valence-electron chi connectivity index (χ2n) is 6.78. The van der Waals surface area contributed by atoms with Gasteiger partial charge >= 0.3 is 0 Å². The predicted molar refractivity (Wildman–Crippen MR) is 131 cm³/mol. The van der Waals surface area contributed by atoms with E-state index < -0.39 is 0 Å². The normalized spacial score (nSPS) is 14.9. The number of nitrogens with zero attached hydrogens (tertiary/aromatic N) is 4. The lowest BCUT2D eigenvalue weighted by Gasteiger charge is -2.14. The molecular formula is C20H21N5O3S4. The number of ether oxygens (including phenoxy) is 1. The summed E-state index contributed by atoms with van der Waals surface area (Å²) in [4.78, 5) is 31.3. The van der Waals surface area contributed by atoms with Crippen LogP contribution in [0.2, 0.25) is 0 Å². The molecule has 168 valence electrons. The summed E-state index contributed by atoms with van der Waals surface area (Å²) in [5.41, 5.74) is 1.37. The van der Waals surface area contributed by atoms with Gasteiger partial charge in [-0.15, -0.1) is 22.0 Å². The largest absolute Gasteiger partial charge is 0.497 e. The third kappa shape index (κ3) is 5.13. The summed E-state index contributed by atoms with van der Waals surface area (Å²) in [7, 11) is 1.60. The Morgan fingerprint density at radius 1 is 1.28 bits per heavy atom. The van der Waals surface area contributed by atoms with Gasteiger partial charge in [0.1, 0.15) is 5.75 Å². The Hall–Kier alpha value is -2.02. The first-order valence-electron chi connectivity index (χ1n) is 9.84. The molecule has 0 fully saturated rings. The Balaban J connectivity index is 1.58. The number of carbonyl (C=O) groups excluding carboxylic acids is 1. The van der Waals surface area contributed by atoms with E-state index in [4.69, 9.17) is 9.72 Å². The fourth-order valence-electron chi connectivity index (χ4n) is 3.08. The first-order chi connectivity index (χ1) is 15.5. The molecule has 0 bridgehead atoms. The van der Waals surface area contributed by atoms with Crippen LogP contribution in [0, 0.1) is 0 Å². The molecule has 3 aromatic rings. The number of benzene rings is 1. The first kappa shape index (κ1) is 23.1. The van der Waals surface area contributed by atoms with E-state index in [1.54, 1.807) is 47.3 Å². The number of anilines is 1. The van der Waals surface area contributed by atoms with Crippen LogP contribution in [0.4, 0.5) is 5.13 Å². The smallest absolute Gasteiger partial charge is 0.272 e. The monoisotopic (exact) mass is 507 g/mol. The van der Waals surface area contributed by atoms with Crippen molar-refractivity contribution in [2.45, 2.75) is 39.9 Å². The Bertz CT molecular complexity index is 1180. The van der Waals surface area contributed by atoms with Gasteiger partial charge in [-0.05, 0) is 30.0 Å². The summed E-state index contributed by atoms with van der Waals surface area (Å²) < 4.78 is 7.62. The summed E-state index contributed by atoms with van der Waals surface area (Å²) in [6.07, 6.45) is 0.737. The fourth-order valence-corrected chi connectivity index (χ4v) is 6.67. The van der Waals surface area contributed by atoms with Crippen molar-refractivity contribution in [1.82, 2.24) is 19.7 Å². The number of methoxy groups -OCH3 is 1. The molecule has 0 saturated heterocycles. The van der Waals surface area contributed by atoms with Gasteiger partial charge in [-0.25, -0.2) is 4.98 Å². The Kier molecular flexibility index (Phi) is 7.44. The van der Waals surface area contributed by atoms with Crippen molar-refractivity contribution in [2.75, 3.05) is 23.9 Å². The second kappa shape index (κ2) is 10.3. The third-order valence-electron chi connectivity index (χ3n) is 4.46. The average Bonchev–Trinajstić information content (AvgIpc) is 3.38. The van der Waals surface area contributed by atoms with Crippen LogP contribution in [0.5, 0.6) is 5.75 Å². The summed E-state index contributed by atoms with van der Waals surface area (Å²) >= 11 is 5.70. The summed E-state index contributed by atoms with van der Waals surface area (Å²) in [5, 5.41) is 12.1. The van der Waals surface area contributed by atoms with Gasteiger partial charge in [0.2, 0.25) is 11.0 Å². The van der Waals surface area contributed by atoms with Gasteiger partial charge in [0, 0.05) is 11.7 Å². The van der Waals surface area contributed by atoms with Crippen LogP contribution in [-0.4, -0.2) is 49.5 Å². The number of thioether (sulfide) groups is 3. The van der Waals surface area contributed by atoms with Crippen molar-refractivity contribution in [3.8, 4) is 11.4 Å². The molecule has 1 N–H and O–H groups in total. The van der Waals surface area contributed by atoms with Crippen LogP contribution < -0.4 is 15.6 Å². The average molecular weight is 508 g/mol. The number of hydrogen-bond donors (Lipinski definition) is 1. The van der Waals surface area contributed by atoms with Crippen LogP contribution >= 0.6 is 46.6 Å². The molecule has 32 heavy (non-hydrogen) atoms. The van der Waals surface area contributed by atoms with Gasteiger partial charge < -0.3 is 4.74 Å². The van der Waals surface area contributed by atoms with Gasteiger partial charge in [0.25, 0.3) is 5.56 Å². The minimum atomic E-state index is -0.224. The molecule has 1 amide bonds. The van der Waals surface area contributed by atoms with Crippen molar-refractivity contribution >= 4 is 57.7 Å². The molecule has 0 saturated carbocycles. The standard InChI is InChI=1S/C20H21N5O3S4/c1-4-29-20-24-23-18(32-20)22-15(26)10-30-19-21-14-9-11(2)31-16(14)17(27)25(19)12-5-7-13(28-3)8-6-12/h5-8,11H,4,9-10H2,1-3H3,(H,22,23,26). The van der Waals surface area contributed by atoms with Crippen LogP contribution in [0.15, 0.2) is 43.5 Å². The molecule has 12 heteroatoms. The molecule has 8 nitrogen and oxygen atoms in total. The zero-order chi connectivity index (χ0) is 22.7. The van der Waals surface area contributed by atoms with Crippen molar-refractivity contribution in [2.24, 2.45) is 0 Å². The zero-order valence-corrected chi connectivity index (χ0v) is 20.9. The maximum absolute atomic E-state index is 13.3. The van der Waals surface area contributed by atoms with Gasteiger partial charge in [0.15, 0.2) is 9.50 Å². The maximum atomic E-state index is 13.3. The third-order valence-corrected chi connectivity index (χ3v) is 8.47. The van der Waals surface area contributed by atoms with Gasteiger partial charge in [-0.1, -0.05) is 48.7 Å². The van der Waals surface area contributed by atoms with E-state index in [1.807, 2.05) is 19.1 Å². The molecule has 0 radical (unpaired) electrons. The Labute approximate surface area is 202 Å². The number of rotatable bonds is 8. The zero-order valence-electron chi connectivity index (χ0n) is 17.7. The molecule has 0 aliphatic carbocycles. The van der Waals surface area contributed by atoms with Crippen LogP contribution in [-0.2, 0) is 11.2 Å². The van der Waals surface area contributed by atoms with Gasteiger partial charge in [0.05, 0.1) is 29.1 Å². The second-order valence-corrected chi connectivity index (χ2v) is 11.7. The van der Waals surface area contributed by atoms with Crippen LogP contribution in [0.25, 0.3) is 5.69 Å². The summed E-state index contributed by atoms with van der Waals surface area (Å²) in [6.45, 7) is 4.11. The lowest BCUT2D eigenvalue weighted by atomic mass is 10.2. The minimum absolute atomic E-state index is 0.0971. The van der Waals surface area contributed by atoms with E-state index in [2.05, 4.69) is 22.4 Å².